The Balaban J connectivity index is 2.29. The number of para-hydroxylation sites is 1. The van der Waals surface area contributed by atoms with Crippen LogP contribution in [0, 0.1) is 5.82 Å². The van der Waals surface area contributed by atoms with Crippen LogP contribution in [-0.2, 0) is 0 Å². The second kappa shape index (κ2) is 3.57. The lowest BCUT2D eigenvalue weighted by Crippen LogP contribution is -2.04. The predicted octanol–water partition coefficient (Wildman–Crippen LogP) is 4.04. The van der Waals surface area contributed by atoms with Gasteiger partial charge in [-0.2, -0.15) is 0 Å². The zero-order valence-corrected chi connectivity index (χ0v) is 9.46. The highest BCUT2D eigenvalue weighted by Crippen LogP contribution is 2.45. The first-order chi connectivity index (χ1) is 8.18. The van der Waals surface area contributed by atoms with Gasteiger partial charge in [0.25, 0.3) is 0 Å². The minimum atomic E-state index is -0.436. The lowest BCUT2D eigenvalue weighted by atomic mass is 9.96. The van der Waals surface area contributed by atoms with Crippen molar-refractivity contribution in [2.24, 2.45) is 0 Å². The Kier molecular flexibility index (Phi) is 2.16. The lowest BCUT2D eigenvalue weighted by Gasteiger charge is -2.22. The van der Waals surface area contributed by atoms with E-state index in [4.69, 9.17) is 16.3 Å². The fraction of sp³-hybridized carbons (Fsp3) is 0. The van der Waals surface area contributed by atoms with Crippen LogP contribution in [0.5, 0.6) is 11.5 Å². The first kappa shape index (κ1) is 10.3. The fourth-order valence-electron chi connectivity index (χ4n) is 1.85. The Labute approximate surface area is 102 Å². The first-order valence-corrected chi connectivity index (χ1v) is 5.37. The van der Waals surface area contributed by atoms with Crippen LogP contribution in [0.2, 0.25) is 5.15 Å². The average Bonchev–Trinajstić information content (AvgIpc) is 2.32. The molecule has 0 amide bonds. The molecule has 1 aromatic carbocycles. The van der Waals surface area contributed by atoms with Crippen LogP contribution in [-0.4, -0.2) is 4.98 Å². The van der Waals surface area contributed by atoms with E-state index in [9.17, 15) is 4.39 Å². The van der Waals surface area contributed by atoms with Gasteiger partial charge in [-0.05, 0) is 17.7 Å². The molecule has 1 aliphatic rings. The van der Waals surface area contributed by atoms with E-state index in [1.54, 1.807) is 24.4 Å². The third-order valence-corrected chi connectivity index (χ3v) is 2.95. The van der Waals surface area contributed by atoms with Crippen LogP contribution in [0.15, 0.2) is 37.0 Å². The summed E-state index contributed by atoms with van der Waals surface area (Å²) in [4.78, 5) is 3.91. The molecule has 0 saturated carbocycles. The van der Waals surface area contributed by atoms with Gasteiger partial charge in [0.05, 0.1) is 0 Å². The van der Waals surface area contributed by atoms with E-state index in [2.05, 4.69) is 11.6 Å². The highest BCUT2D eigenvalue weighted by Gasteiger charge is 2.25. The van der Waals surface area contributed by atoms with Crippen LogP contribution in [0.4, 0.5) is 4.39 Å². The maximum absolute atomic E-state index is 13.6. The average molecular weight is 248 g/mol. The van der Waals surface area contributed by atoms with Gasteiger partial charge in [0.15, 0.2) is 22.5 Å². The number of halogens is 2. The van der Waals surface area contributed by atoms with Crippen LogP contribution >= 0.6 is 11.6 Å². The molecular formula is C13H7ClFNO. The van der Waals surface area contributed by atoms with E-state index in [1.165, 1.54) is 6.07 Å². The maximum atomic E-state index is 13.6. The van der Waals surface area contributed by atoms with Crippen LogP contribution < -0.4 is 4.74 Å². The van der Waals surface area contributed by atoms with Crippen molar-refractivity contribution in [1.29, 1.82) is 0 Å². The molecule has 0 aliphatic carbocycles. The zero-order chi connectivity index (χ0) is 12.0. The van der Waals surface area contributed by atoms with Gasteiger partial charge in [0, 0.05) is 17.3 Å². The van der Waals surface area contributed by atoms with E-state index in [1.807, 2.05) is 0 Å². The molecule has 17 heavy (non-hydrogen) atoms. The normalized spacial score (nSPS) is 12.7. The van der Waals surface area contributed by atoms with Crippen molar-refractivity contribution < 1.29 is 9.13 Å². The van der Waals surface area contributed by atoms with Crippen molar-refractivity contribution in [2.75, 3.05) is 0 Å². The summed E-state index contributed by atoms with van der Waals surface area (Å²) in [5.41, 5.74) is 2.06. The summed E-state index contributed by atoms with van der Waals surface area (Å²) >= 11 is 5.93. The molecule has 0 spiro atoms. The summed E-state index contributed by atoms with van der Waals surface area (Å²) in [5, 5.41) is 0.206. The molecule has 2 heterocycles. The Bertz CT molecular complexity index is 586. The smallest absolute Gasteiger partial charge is 0.172 e. The Morgan fingerprint density at radius 3 is 2.76 bits per heavy atom. The van der Waals surface area contributed by atoms with Gasteiger partial charge in [-0.1, -0.05) is 30.3 Å². The topological polar surface area (TPSA) is 22.1 Å². The molecule has 0 N–H and O–H groups in total. The van der Waals surface area contributed by atoms with Crippen molar-refractivity contribution >= 4 is 17.2 Å². The molecule has 1 aromatic heterocycles. The van der Waals surface area contributed by atoms with E-state index in [0.29, 0.717) is 16.9 Å². The molecule has 0 fully saturated rings. The van der Waals surface area contributed by atoms with Crippen LogP contribution in [0.1, 0.15) is 11.1 Å². The minimum Gasteiger partial charge on any atom is -0.450 e. The molecule has 0 atom stereocenters. The second-order valence-corrected chi connectivity index (χ2v) is 4.03. The van der Waals surface area contributed by atoms with Crippen molar-refractivity contribution in [1.82, 2.24) is 4.98 Å². The minimum absolute atomic E-state index is 0.153. The van der Waals surface area contributed by atoms with Crippen LogP contribution in [0.3, 0.4) is 0 Å². The molecular weight excluding hydrogens is 241 g/mol. The summed E-state index contributed by atoms with van der Waals surface area (Å²) in [6, 6.07) is 6.47. The second-order valence-electron chi connectivity index (χ2n) is 3.68. The standard InChI is InChI=1S/C13H7ClFNO/c1-7-8-3-2-4-10(15)11(8)17-12-9(7)5-6-16-13(12)14/h2-6H,1H2. The third kappa shape index (κ3) is 1.43. The van der Waals surface area contributed by atoms with E-state index < -0.39 is 5.82 Å². The maximum Gasteiger partial charge on any atom is 0.172 e. The van der Waals surface area contributed by atoms with E-state index in [0.717, 1.165) is 5.56 Å². The van der Waals surface area contributed by atoms with E-state index >= 15 is 0 Å². The summed E-state index contributed by atoms with van der Waals surface area (Å²) in [5.74, 6) is 0.0749. The van der Waals surface area contributed by atoms with Gasteiger partial charge in [0.2, 0.25) is 0 Å². The number of aromatic nitrogens is 1. The SMILES string of the molecule is C=C1c2cccc(F)c2Oc2c1ccnc2Cl. The summed E-state index contributed by atoms with van der Waals surface area (Å²) < 4.78 is 19.1. The molecule has 3 rings (SSSR count). The number of ether oxygens (including phenoxy) is 1. The molecule has 0 unspecified atom stereocenters. The Morgan fingerprint density at radius 1 is 1.18 bits per heavy atom. The monoisotopic (exact) mass is 247 g/mol. The molecule has 4 heteroatoms. The van der Waals surface area contributed by atoms with Gasteiger partial charge in [-0.3, -0.25) is 0 Å². The lowest BCUT2D eigenvalue weighted by molar-refractivity contribution is 0.433. The molecule has 0 saturated heterocycles. The van der Waals surface area contributed by atoms with Crippen molar-refractivity contribution in [3.8, 4) is 11.5 Å². The van der Waals surface area contributed by atoms with Gasteiger partial charge in [-0.25, -0.2) is 9.37 Å². The fourth-order valence-corrected chi connectivity index (χ4v) is 2.05. The number of nitrogens with zero attached hydrogens (tertiary/aromatic N) is 1. The molecule has 0 bridgehead atoms. The number of benzene rings is 1. The van der Waals surface area contributed by atoms with Gasteiger partial charge >= 0.3 is 0 Å². The summed E-state index contributed by atoms with van der Waals surface area (Å²) in [6.07, 6.45) is 1.57. The highest BCUT2D eigenvalue weighted by atomic mass is 35.5. The van der Waals surface area contributed by atoms with Gasteiger partial charge in [0.1, 0.15) is 0 Å². The number of fused-ring (bicyclic) bond motifs is 2. The highest BCUT2D eigenvalue weighted by molar-refractivity contribution is 6.31. The predicted molar refractivity (Wildman–Crippen MR) is 63.9 cm³/mol. The number of pyridine rings is 1. The van der Waals surface area contributed by atoms with Crippen LogP contribution in [0.25, 0.3) is 5.57 Å². The van der Waals surface area contributed by atoms with Gasteiger partial charge < -0.3 is 4.74 Å². The number of hydrogen-bond acceptors (Lipinski definition) is 2. The molecule has 0 radical (unpaired) electrons. The molecule has 2 aromatic rings. The van der Waals surface area contributed by atoms with Crippen molar-refractivity contribution in [3.63, 3.8) is 0 Å². The molecule has 1 aliphatic heterocycles. The van der Waals surface area contributed by atoms with Crippen molar-refractivity contribution in [3.05, 3.63) is 59.1 Å². The first-order valence-electron chi connectivity index (χ1n) is 4.99. The number of hydrogen-bond donors (Lipinski definition) is 0. The van der Waals surface area contributed by atoms with Gasteiger partial charge in [-0.15, -0.1) is 0 Å². The Hall–Kier alpha value is -1.87. The molecule has 84 valence electrons. The third-order valence-electron chi connectivity index (χ3n) is 2.68. The summed E-state index contributed by atoms with van der Waals surface area (Å²) in [7, 11) is 0. The van der Waals surface area contributed by atoms with Crippen molar-refractivity contribution in [2.45, 2.75) is 0 Å². The quantitative estimate of drug-likeness (QED) is 0.559. The summed E-state index contributed by atoms with van der Waals surface area (Å²) in [6.45, 7) is 3.95. The van der Waals surface area contributed by atoms with E-state index in [-0.39, 0.29) is 10.9 Å². The Morgan fingerprint density at radius 2 is 1.94 bits per heavy atom. The largest absolute Gasteiger partial charge is 0.450 e. The number of rotatable bonds is 0. The molecule has 2 nitrogen and oxygen atoms in total. The zero-order valence-electron chi connectivity index (χ0n) is 8.71.